The Bertz CT molecular complexity index is 2030. The molecule has 1 atom stereocenters. The van der Waals surface area contributed by atoms with Crippen molar-refractivity contribution in [2.75, 3.05) is 5.32 Å². The smallest absolute Gasteiger partial charge is 0.412 e. The lowest BCUT2D eigenvalue weighted by Crippen LogP contribution is -2.55. The van der Waals surface area contributed by atoms with Crippen molar-refractivity contribution in [1.29, 1.82) is 0 Å². The van der Waals surface area contributed by atoms with E-state index in [-0.39, 0.29) is 31.1 Å². The number of hydrogen-bond donors (Lipinski definition) is 3. The van der Waals surface area contributed by atoms with Crippen LogP contribution in [0.5, 0.6) is 0 Å². The number of anilines is 1. The predicted octanol–water partition coefficient (Wildman–Crippen LogP) is 4.30. The van der Waals surface area contributed by atoms with Gasteiger partial charge in [-0.15, -0.1) is 0 Å². The van der Waals surface area contributed by atoms with Crippen molar-refractivity contribution in [3.05, 3.63) is 149 Å². The summed E-state index contributed by atoms with van der Waals surface area (Å²) in [6, 6.07) is 26.4. The normalized spacial score (nSPS) is 11.6. The van der Waals surface area contributed by atoms with E-state index >= 15 is 8.78 Å². The van der Waals surface area contributed by atoms with Crippen molar-refractivity contribution >= 4 is 29.4 Å². The maximum absolute atomic E-state index is 15.4. The summed E-state index contributed by atoms with van der Waals surface area (Å²) in [4.78, 5) is 74.0. The van der Waals surface area contributed by atoms with E-state index in [1.807, 2.05) is 0 Å². The summed E-state index contributed by atoms with van der Waals surface area (Å²) in [6.07, 6.45) is 2.59. The molecular formula is C37H32F2N6O6. The van der Waals surface area contributed by atoms with E-state index in [9.17, 15) is 24.0 Å². The Kier molecular flexibility index (Phi) is 11.7. The van der Waals surface area contributed by atoms with E-state index in [1.165, 1.54) is 12.4 Å². The number of pyridine rings is 1. The number of ketones is 1. The first kappa shape index (κ1) is 35.7. The van der Waals surface area contributed by atoms with Gasteiger partial charge in [0, 0.05) is 30.9 Å². The number of ether oxygens (including phenoxy) is 1. The third-order valence-corrected chi connectivity index (χ3v) is 7.54. The number of benzene rings is 3. The van der Waals surface area contributed by atoms with Crippen molar-refractivity contribution in [2.24, 2.45) is 0 Å². The van der Waals surface area contributed by atoms with Crippen LogP contribution in [0.4, 0.5) is 19.3 Å². The van der Waals surface area contributed by atoms with Crippen LogP contribution in [0, 0.1) is 0 Å². The number of nitrogens with zero attached hydrogens (tertiary/aromatic N) is 3. The molecule has 0 saturated carbocycles. The zero-order chi connectivity index (χ0) is 36.2. The fraction of sp³-hybridized carbons (Fsp3) is 0.162. The van der Waals surface area contributed by atoms with Crippen LogP contribution >= 0.6 is 0 Å². The molecule has 260 valence electrons. The molecule has 12 nitrogen and oxygen atoms in total. The standard InChI is InChI=1S/C37H32F2N6O6/c38-37(39,35(49)42-20-26-13-6-2-7-14-26)32(47)29(19-25-11-4-1-5-12-25)43-31(46)23-45-33(28-17-10-18-40-21-28)41-22-30(34(45)48)44-36(50)51-24-27-15-8-3-9-16-27/h1-18,21-22,29H,19-20,23-24H2,(H,42,49)(H,43,46)(H,44,50). The first-order chi connectivity index (χ1) is 24.6. The summed E-state index contributed by atoms with van der Waals surface area (Å²) in [5.41, 5.74) is 0.753. The quantitative estimate of drug-likeness (QED) is 0.145. The number of amides is 3. The fourth-order valence-corrected chi connectivity index (χ4v) is 4.98. The number of carbonyl (C=O) groups excluding carboxylic acids is 4. The molecule has 2 heterocycles. The van der Waals surface area contributed by atoms with Gasteiger partial charge in [-0.25, -0.2) is 9.78 Å². The average molecular weight is 695 g/mol. The highest BCUT2D eigenvalue weighted by molar-refractivity contribution is 6.10. The summed E-state index contributed by atoms with van der Waals surface area (Å²) < 4.78 is 36.9. The molecule has 5 aromatic rings. The van der Waals surface area contributed by atoms with Crippen molar-refractivity contribution in [2.45, 2.75) is 38.1 Å². The molecule has 0 radical (unpaired) electrons. The Morgan fingerprint density at radius 2 is 1.43 bits per heavy atom. The van der Waals surface area contributed by atoms with Crippen LogP contribution in [-0.4, -0.2) is 50.2 Å². The van der Waals surface area contributed by atoms with Gasteiger partial charge in [-0.05, 0) is 28.8 Å². The third kappa shape index (κ3) is 9.53. The van der Waals surface area contributed by atoms with Crippen molar-refractivity contribution in [3.8, 4) is 11.4 Å². The second-order valence-electron chi connectivity index (χ2n) is 11.2. The summed E-state index contributed by atoms with van der Waals surface area (Å²) in [5, 5.41) is 6.69. The molecule has 3 N–H and O–H groups in total. The van der Waals surface area contributed by atoms with Crippen LogP contribution in [-0.2, 0) is 45.2 Å². The number of nitrogens with one attached hydrogen (secondary N) is 3. The van der Waals surface area contributed by atoms with E-state index in [1.54, 1.807) is 103 Å². The first-order valence-corrected chi connectivity index (χ1v) is 15.7. The zero-order valence-corrected chi connectivity index (χ0v) is 27.0. The molecule has 14 heteroatoms. The van der Waals surface area contributed by atoms with Gasteiger partial charge in [-0.2, -0.15) is 8.78 Å². The van der Waals surface area contributed by atoms with Crippen LogP contribution in [0.25, 0.3) is 11.4 Å². The maximum Gasteiger partial charge on any atom is 0.412 e. The van der Waals surface area contributed by atoms with Crippen molar-refractivity contribution < 1.29 is 32.7 Å². The number of rotatable bonds is 14. The summed E-state index contributed by atoms with van der Waals surface area (Å²) in [7, 11) is 0. The van der Waals surface area contributed by atoms with Gasteiger partial charge in [0.2, 0.25) is 11.7 Å². The fourth-order valence-electron chi connectivity index (χ4n) is 4.98. The molecule has 1 unspecified atom stereocenters. The second-order valence-corrected chi connectivity index (χ2v) is 11.2. The minimum Gasteiger partial charge on any atom is -0.444 e. The molecule has 2 aromatic heterocycles. The lowest BCUT2D eigenvalue weighted by molar-refractivity contribution is -0.160. The number of aromatic nitrogens is 3. The van der Waals surface area contributed by atoms with Crippen molar-refractivity contribution in [1.82, 2.24) is 25.2 Å². The lowest BCUT2D eigenvalue weighted by Gasteiger charge is -2.23. The second kappa shape index (κ2) is 16.7. The van der Waals surface area contributed by atoms with E-state index < -0.39 is 47.8 Å². The monoisotopic (exact) mass is 694 g/mol. The molecule has 51 heavy (non-hydrogen) atoms. The Balaban J connectivity index is 1.38. The van der Waals surface area contributed by atoms with Crippen LogP contribution in [0.3, 0.4) is 0 Å². The Morgan fingerprint density at radius 3 is 2.06 bits per heavy atom. The van der Waals surface area contributed by atoms with E-state index in [2.05, 4.69) is 25.9 Å². The third-order valence-electron chi connectivity index (χ3n) is 7.54. The minimum atomic E-state index is -4.52. The highest BCUT2D eigenvalue weighted by Crippen LogP contribution is 2.21. The molecule has 0 spiro atoms. The molecule has 5 rings (SSSR count). The summed E-state index contributed by atoms with van der Waals surface area (Å²) >= 11 is 0. The number of carbonyl (C=O) groups is 4. The number of Topliss-reactive ketones (excluding diaryl/α,β-unsaturated/α-hetero) is 1. The van der Waals surface area contributed by atoms with Crippen LogP contribution < -0.4 is 21.5 Å². The molecule has 0 aliphatic carbocycles. The predicted molar refractivity (Wildman–Crippen MR) is 182 cm³/mol. The van der Waals surface area contributed by atoms with E-state index in [0.29, 0.717) is 22.3 Å². The van der Waals surface area contributed by atoms with Gasteiger partial charge < -0.3 is 15.4 Å². The van der Waals surface area contributed by atoms with Gasteiger partial charge in [0.15, 0.2) is 0 Å². The largest absolute Gasteiger partial charge is 0.444 e. The van der Waals surface area contributed by atoms with E-state index in [0.717, 1.165) is 10.8 Å². The molecule has 0 aliphatic rings. The first-order valence-electron chi connectivity index (χ1n) is 15.7. The topological polar surface area (TPSA) is 161 Å². The summed E-state index contributed by atoms with van der Waals surface area (Å²) in [5.74, 6) is -9.27. The molecule has 0 aliphatic heterocycles. The number of alkyl halides is 2. The SMILES string of the molecule is O=C(Cn1c(-c2cccnc2)ncc(NC(=O)OCc2ccccc2)c1=O)NC(Cc1ccccc1)C(=O)C(F)(F)C(=O)NCc1ccccc1. The van der Waals surface area contributed by atoms with Gasteiger partial charge in [-0.3, -0.25) is 34.0 Å². The average Bonchev–Trinajstić information content (AvgIpc) is 3.15. The van der Waals surface area contributed by atoms with Gasteiger partial charge in [0.25, 0.3) is 11.5 Å². The number of hydrogen-bond acceptors (Lipinski definition) is 8. The molecule has 0 bridgehead atoms. The molecule has 3 aromatic carbocycles. The Hall–Kier alpha value is -6.57. The molecular weight excluding hydrogens is 662 g/mol. The minimum absolute atomic E-state index is 0.0389. The highest BCUT2D eigenvalue weighted by atomic mass is 19.3. The molecule has 0 fully saturated rings. The van der Waals surface area contributed by atoms with E-state index in [4.69, 9.17) is 4.74 Å². The molecule has 3 amide bonds. The van der Waals surface area contributed by atoms with Crippen LogP contribution in [0.15, 0.2) is 127 Å². The van der Waals surface area contributed by atoms with Crippen LogP contribution in [0.1, 0.15) is 16.7 Å². The van der Waals surface area contributed by atoms with Gasteiger partial charge in [0.1, 0.15) is 24.7 Å². The number of halogens is 2. The van der Waals surface area contributed by atoms with Crippen molar-refractivity contribution in [3.63, 3.8) is 0 Å². The van der Waals surface area contributed by atoms with Gasteiger partial charge in [0.05, 0.1) is 12.2 Å². The van der Waals surface area contributed by atoms with Gasteiger partial charge in [-0.1, -0.05) is 91.0 Å². The van der Waals surface area contributed by atoms with Gasteiger partial charge >= 0.3 is 12.0 Å². The zero-order valence-electron chi connectivity index (χ0n) is 27.0. The molecule has 0 saturated heterocycles. The Labute approximate surface area is 290 Å². The lowest BCUT2D eigenvalue weighted by atomic mass is 9.98. The maximum atomic E-state index is 15.4. The van der Waals surface area contributed by atoms with Crippen LogP contribution in [0.2, 0.25) is 0 Å². The Morgan fingerprint density at radius 1 is 0.804 bits per heavy atom. The summed E-state index contributed by atoms with van der Waals surface area (Å²) in [6.45, 7) is -1.15. The highest BCUT2D eigenvalue weighted by Gasteiger charge is 2.50.